The van der Waals surface area contributed by atoms with Crippen LogP contribution in [0.25, 0.3) is 0 Å². The number of hydrogen-bond acceptors (Lipinski definition) is 5. The molecule has 0 aliphatic rings. The van der Waals surface area contributed by atoms with Crippen LogP contribution in [-0.2, 0) is 0 Å². The first kappa shape index (κ1) is 12.0. The van der Waals surface area contributed by atoms with E-state index in [-0.39, 0.29) is 6.04 Å². The van der Waals surface area contributed by atoms with Crippen LogP contribution in [0, 0.1) is 0 Å². The highest BCUT2D eigenvalue weighted by Crippen LogP contribution is 2.10. The minimum Gasteiger partial charge on any atom is -0.390 e. The monoisotopic (exact) mass is 194 g/mol. The molecule has 0 aliphatic carbocycles. The molecule has 2 unspecified atom stereocenters. The van der Waals surface area contributed by atoms with Gasteiger partial charge in [-0.25, -0.2) is 0 Å². The van der Waals surface area contributed by atoms with E-state index in [0.29, 0.717) is 13.1 Å². The Morgan fingerprint density at radius 1 is 1.33 bits per heavy atom. The normalized spacial score (nSPS) is 17.5. The second kappa shape index (κ2) is 4.90. The van der Waals surface area contributed by atoms with Crippen LogP contribution < -0.4 is 11.1 Å². The number of nitrogens with one attached hydrogen (secondary N) is 1. The first-order chi connectivity index (χ1) is 5.38. The maximum absolute atomic E-state index is 8.85. The SMILES string of the molecule is CC(CN)NCC(C)[Si](O)(O)O. The van der Waals surface area contributed by atoms with Crippen molar-refractivity contribution < 1.29 is 14.4 Å². The van der Waals surface area contributed by atoms with Gasteiger partial charge in [0.25, 0.3) is 0 Å². The Balaban J connectivity index is 3.64. The summed E-state index contributed by atoms with van der Waals surface area (Å²) in [5, 5.41) is 2.97. The molecule has 0 aromatic rings. The van der Waals surface area contributed by atoms with Gasteiger partial charge in [-0.15, -0.1) is 0 Å². The van der Waals surface area contributed by atoms with Crippen LogP contribution in [0.2, 0.25) is 5.54 Å². The van der Waals surface area contributed by atoms with E-state index in [0.717, 1.165) is 0 Å². The molecule has 0 heterocycles. The molecule has 0 amide bonds. The Morgan fingerprint density at radius 3 is 2.17 bits per heavy atom. The molecule has 0 fully saturated rings. The molecular weight excluding hydrogens is 176 g/mol. The minimum absolute atomic E-state index is 0.129. The summed E-state index contributed by atoms with van der Waals surface area (Å²) in [5.74, 6) is 0. The lowest BCUT2D eigenvalue weighted by Crippen LogP contribution is -2.46. The van der Waals surface area contributed by atoms with Gasteiger partial charge in [0.2, 0.25) is 0 Å². The summed E-state index contributed by atoms with van der Waals surface area (Å²) < 4.78 is 0. The van der Waals surface area contributed by atoms with E-state index in [1.165, 1.54) is 0 Å². The van der Waals surface area contributed by atoms with Crippen LogP contribution in [0.5, 0.6) is 0 Å². The van der Waals surface area contributed by atoms with Gasteiger partial charge in [0.05, 0.1) is 0 Å². The molecule has 12 heavy (non-hydrogen) atoms. The van der Waals surface area contributed by atoms with Crippen molar-refractivity contribution in [2.24, 2.45) is 5.73 Å². The molecule has 6 heteroatoms. The van der Waals surface area contributed by atoms with Crippen LogP contribution in [0.3, 0.4) is 0 Å². The summed E-state index contributed by atoms with van der Waals surface area (Å²) in [6.45, 7) is 4.34. The molecule has 0 rings (SSSR count). The highest BCUT2D eigenvalue weighted by Gasteiger charge is 2.35. The van der Waals surface area contributed by atoms with Gasteiger partial charge < -0.3 is 25.4 Å². The van der Waals surface area contributed by atoms with Crippen molar-refractivity contribution in [1.29, 1.82) is 0 Å². The second-order valence-corrected chi connectivity index (χ2v) is 5.49. The average molecular weight is 194 g/mol. The minimum atomic E-state index is -3.94. The summed E-state index contributed by atoms with van der Waals surface area (Å²) in [4.78, 5) is 26.6. The standard InChI is InChI=1S/C6H18N2O3Si/c1-5(3-7)8-4-6(2)12(9,10)11/h5-6,8-11H,3-4,7H2,1-2H3. The van der Waals surface area contributed by atoms with Gasteiger partial charge >= 0.3 is 8.80 Å². The first-order valence-electron chi connectivity index (χ1n) is 3.98. The zero-order valence-electron chi connectivity index (χ0n) is 7.49. The third-order valence-electron chi connectivity index (χ3n) is 1.79. The molecule has 0 saturated carbocycles. The maximum Gasteiger partial charge on any atom is 0.497 e. The molecule has 5 nitrogen and oxygen atoms in total. The van der Waals surface area contributed by atoms with Crippen molar-refractivity contribution in [1.82, 2.24) is 5.32 Å². The van der Waals surface area contributed by atoms with E-state index in [4.69, 9.17) is 20.1 Å². The zero-order valence-corrected chi connectivity index (χ0v) is 8.49. The predicted molar refractivity (Wildman–Crippen MR) is 48.4 cm³/mol. The maximum atomic E-state index is 8.85. The number of rotatable bonds is 5. The van der Waals surface area contributed by atoms with E-state index in [9.17, 15) is 0 Å². The summed E-state index contributed by atoms with van der Waals surface area (Å²) in [6.07, 6.45) is 0. The number of nitrogens with two attached hydrogens (primary N) is 1. The quantitative estimate of drug-likeness (QED) is 0.334. The van der Waals surface area contributed by atoms with E-state index in [1.54, 1.807) is 6.92 Å². The van der Waals surface area contributed by atoms with Crippen molar-refractivity contribution in [3.8, 4) is 0 Å². The average Bonchev–Trinajstić information content (AvgIpc) is 1.97. The van der Waals surface area contributed by atoms with Gasteiger partial charge in [0, 0.05) is 24.7 Å². The van der Waals surface area contributed by atoms with Crippen molar-refractivity contribution in [2.75, 3.05) is 13.1 Å². The Hall–Kier alpha value is 0.0169. The smallest absolute Gasteiger partial charge is 0.390 e. The van der Waals surface area contributed by atoms with E-state index >= 15 is 0 Å². The molecule has 0 bridgehead atoms. The Morgan fingerprint density at radius 2 is 1.83 bits per heavy atom. The lowest BCUT2D eigenvalue weighted by molar-refractivity contribution is 0.210. The van der Waals surface area contributed by atoms with Crippen LogP contribution >= 0.6 is 0 Å². The molecule has 0 aromatic carbocycles. The van der Waals surface area contributed by atoms with E-state index < -0.39 is 14.3 Å². The van der Waals surface area contributed by atoms with Gasteiger partial charge in [-0.05, 0) is 6.92 Å². The highest BCUT2D eigenvalue weighted by atomic mass is 28.4. The fourth-order valence-electron chi connectivity index (χ4n) is 0.598. The Kier molecular flexibility index (Phi) is 4.91. The second-order valence-electron chi connectivity index (χ2n) is 3.13. The lowest BCUT2D eigenvalue weighted by Gasteiger charge is -2.20. The highest BCUT2D eigenvalue weighted by molar-refractivity contribution is 6.57. The fourth-order valence-corrected chi connectivity index (χ4v) is 0.990. The molecule has 2 atom stereocenters. The van der Waals surface area contributed by atoms with Crippen LogP contribution in [0.15, 0.2) is 0 Å². The van der Waals surface area contributed by atoms with Gasteiger partial charge in [0.15, 0.2) is 0 Å². The molecule has 74 valence electrons. The topological polar surface area (TPSA) is 98.7 Å². The lowest BCUT2D eigenvalue weighted by atomic mass is 10.3. The van der Waals surface area contributed by atoms with Crippen molar-refractivity contribution >= 4 is 8.80 Å². The molecule has 0 aromatic heterocycles. The molecule has 0 saturated heterocycles. The number of hydrogen-bond donors (Lipinski definition) is 5. The van der Waals surface area contributed by atoms with Crippen LogP contribution in [0.1, 0.15) is 13.8 Å². The van der Waals surface area contributed by atoms with Crippen LogP contribution in [0.4, 0.5) is 0 Å². The van der Waals surface area contributed by atoms with E-state index in [2.05, 4.69) is 5.32 Å². The van der Waals surface area contributed by atoms with Crippen molar-refractivity contribution in [3.63, 3.8) is 0 Å². The van der Waals surface area contributed by atoms with Gasteiger partial charge in [0.1, 0.15) is 0 Å². The van der Waals surface area contributed by atoms with Gasteiger partial charge in [-0.1, -0.05) is 6.92 Å². The third-order valence-corrected chi connectivity index (χ3v) is 3.31. The van der Waals surface area contributed by atoms with Crippen LogP contribution in [-0.4, -0.2) is 42.3 Å². The summed E-state index contributed by atoms with van der Waals surface area (Å²) in [7, 11) is -3.94. The molecule has 0 radical (unpaired) electrons. The van der Waals surface area contributed by atoms with E-state index in [1.807, 2.05) is 6.92 Å². The van der Waals surface area contributed by atoms with Gasteiger partial charge in [-0.3, -0.25) is 0 Å². The van der Waals surface area contributed by atoms with Crippen molar-refractivity contribution in [2.45, 2.75) is 25.4 Å². The molecular formula is C6H18N2O3Si. The first-order valence-corrected chi connectivity index (χ1v) is 5.90. The summed E-state index contributed by atoms with van der Waals surface area (Å²) in [5.41, 5.74) is 4.82. The zero-order chi connectivity index (χ0) is 9.78. The summed E-state index contributed by atoms with van der Waals surface area (Å²) >= 11 is 0. The summed E-state index contributed by atoms with van der Waals surface area (Å²) in [6, 6.07) is 0.129. The fraction of sp³-hybridized carbons (Fsp3) is 1.00. The van der Waals surface area contributed by atoms with Crippen molar-refractivity contribution in [3.05, 3.63) is 0 Å². The van der Waals surface area contributed by atoms with Gasteiger partial charge in [-0.2, -0.15) is 0 Å². The molecule has 0 spiro atoms. The molecule has 6 N–H and O–H groups in total. The largest absolute Gasteiger partial charge is 0.497 e. The Labute approximate surface area is 73.6 Å². The third kappa shape index (κ3) is 4.81. The Bertz CT molecular complexity index is 128. The molecule has 0 aliphatic heterocycles. The predicted octanol–water partition coefficient (Wildman–Crippen LogP) is -1.77.